The Morgan fingerprint density at radius 3 is 2.52 bits per heavy atom. The van der Waals surface area contributed by atoms with Crippen LogP contribution in [-0.2, 0) is 4.74 Å². The minimum atomic E-state index is 0.0147. The van der Waals surface area contributed by atoms with E-state index < -0.39 is 0 Å². The zero-order chi connectivity index (χ0) is 20.4. The van der Waals surface area contributed by atoms with Crippen molar-refractivity contribution < 1.29 is 9.53 Å². The van der Waals surface area contributed by atoms with Crippen LogP contribution in [0.15, 0.2) is 36.4 Å². The van der Waals surface area contributed by atoms with Gasteiger partial charge >= 0.3 is 0 Å². The summed E-state index contributed by atoms with van der Waals surface area (Å²) in [5.74, 6) is 0.0147. The van der Waals surface area contributed by atoms with Crippen LogP contribution in [0.1, 0.15) is 27.0 Å². The zero-order valence-electron chi connectivity index (χ0n) is 17.3. The molecule has 2 heterocycles. The predicted molar refractivity (Wildman–Crippen MR) is 119 cm³/mol. The van der Waals surface area contributed by atoms with Gasteiger partial charge in [-0.25, -0.2) is 4.98 Å². The number of ether oxygens (including phenoxy) is 1. The molecule has 6 heteroatoms. The van der Waals surface area contributed by atoms with E-state index in [4.69, 9.17) is 9.72 Å². The van der Waals surface area contributed by atoms with E-state index in [9.17, 15) is 4.79 Å². The first-order chi connectivity index (χ1) is 14.0. The molecule has 3 aromatic rings. The molecule has 1 aliphatic rings. The van der Waals surface area contributed by atoms with Crippen molar-refractivity contribution in [3.63, 3.8) is 0 Å². The Balaban J connectivity index is 1.66. The highest BCUT2D eigenvalue weighted by Gasteiger charge is 2.23. The molecule has 0 bridgehead atoms. The van der Waals surface area contributed by atoms with E-state index in [1.165, 1.54) is 5.56 Å². The van der Waals surface area contributed by atoms with Gasteiger partial charge in [0.15, 0.2) is 5.13 Å². The lowest BCUT2D eigenvalue weighted by Gasteiger charge is -2.29. The second-order valence-electron chi connectivity index (χ2n) is 7.75. The van der Waals surface area contributed by atoms with Crippen molar-refractivity contribution in [2.24, 2.45) is 0 Å². The van der Waals surface area contributed by atoms with Crippen LogP contribution in [-0.4, -0.2) is 55.2 Å². The van der Waals surface area contributed by atoms with E-state index in [1.54, 1.807) is 11.3 Å². The van der Waals surface area contributed by atoms with Gasteiger partial charge in [0.2, 0.25) is 0 Å². The van der Waals surface area contributed by atoms with Crippen molar-refractivity contribution in [2.75, 3.05) is 44.3 Å². The van der Waals surface area contributed by atoms with Gasteiger partial charge in [0.05, 0.1) is 23.4 Å². The minimum Gasteiger partial charge on any atom is -0.379 e. The number of hydrogen-bond acceptors (Lipinski definition) is 5. The molecule has 0 spiro atoms. The maximum atomic E-state index is 13.5. The topological polar surface area (TPSA) is 45.7 Å². The van der Waals surface area contributed by atoms with Gasteiger partial charge in [0, 0.05) is 31.7 Å². The fourth-order valence-electron chi connectivity index (χ4n) is 3.74. The number of aryl methyl sites for hydroxylation is 3. The lowest BCUT2D eigenvalue weighted by Crippen LogP contribution is -2.43. The average molecular weight is 410 g/mol. The smallest absolute Gasteiger partial charge is 0.260 e. The normalized spacial score (nSPS) is 15.0. The maximum absolute atomic E-state index is 13.5. The number of morpholine rings is 1. The molecule has 0 unspecified atom stereocenters. The highest BCUT2D eigenvalue weighted by atomic mass is 32.1. The molecule has 1 fully saturated rings. The van der Waals surface area contributed by atoms with E-state index in [1.807, 2.05) is 36.9 Å². The summed E-state index contributed by atoms with van der Waals surface area (Å²) >= 11 is 1.59. The van der Waals surface area contributed by atoms with Gasteiger partial charge < -0.3 is 4.74 Å². The Bertz CT molecular complexity index is 1000. The highest BCUT2D eigenvalue weighted by Crippen LogP contribution is 2.30. The number of amides is 1. The Morgan fingerprint density at radius 2 is 1.79 bits per heavy atom. The van der Waals surface area contributed by atoms with Crippen molar-refractivity contribution in [1.82, 2.24) is 9.88 Å². The molecular formula is C23H27N3O2S. The van der Waals surface area contributed by atoms with Gasteiger partial charge in [-0.2, -0.15) is 0 Å². The van der Waals surface area contributed by atoms with Crippen LogP contribution in [0.4, 0.5) is 5.13 Å². The van der Waals surface area contributed by atoms with Crippen LogP contribution in [0.25, 0.3) is 10.2 Å². The molecule has 4 rings (SSSR count). The molecule has 0 atom stereocenters. The molecule has 0 aliphatic carbocycles. The van der Waals surface area contributed by atoms with Crippen molar-refractivity contribution in [2.45, 2.75) is 20.8 Å². The lowest BCUT2D eigenvalue weighted by atomic mass is 10.1. The quantitative estimate of drug-likeness (QED) is 0.634. The number of hydrogen-bond donors (Lipinski definition) is 0. The molecule has 1 amide bonds. The SMILES string of the molecule is Cc1cc(C)cc(C(=O)N(CCN2CCOCC2)c2nc3ccc(C)cc3s2)c1. The second-order valence-corrected chi connectivity index (χ2v) is 8.76. The summed E-state index contributed by atoms with van der Waals surface area (Å²) in [5.41, 5.74) is 5.07. The summed E-state index contributed by atoms with van der Waals surface area (Å²) in [7, 11) is 0. The van der Waals surface area contributed by atoms with Crippen LogP contribution < -0.4 is 4.90 Å². The van der Waals surface area contributed by atoms with Crippen molar-refractivity contribution in [1.29, 1.82) is 0 Å². The Kier molecular flexibility index (Phi) is 5.94. The van der Waals surface area contributed by atoms with Gasteiger partial charge in [-0.15, -0.1) is 0 Å². The number of carbonyl (C=O) groups is 1. The second kappa shape index (κ2) is 8.61. The van der Waals surface area contributed by atoms with Gasteiger partial charge in [-0.1, -0.05) is 34.6 Å². The molecular weight excluding hydrogens is 382 g/mol. The van der Waals surface area contributed by atoms with Crippen LogP contribution in [0, 0.1) is 20.8 Å². The largest absolute Gasteiger partial charge is 0.379 e. The number of anilines is 1. The number of benzene rings is 2. The summed E-state index contributed by atoms with van der Waals surface area (Å²) < 4.78 is 6.57. The van der Waals surface area contributed by atoms with Gasteiger partial charge in [-0.3, -0.25) is 14.6 Å². The van der Waals surface area contributed by atoms with E-state index in [-0.39, 0.29) is 5.91 Å². The van der Waals surface area contributed by atoms with E-state index in [2.05, 4.69) is 30.0 Å². The molecule has 2 aromatic carbocycles. The van der Waals surface area contributed by atoms with Crippen molar-refractivity contribution in [3.8, 4) is 0 Å². The van der Waals surface area contributed by atoms with Crippen molar-refractivity contribution >= 4 is 32.6 Å². The fraction of sp³-hybridized carbons (Fsp3) is 0.391. The van der Waals surface area contributed by atoms with E-state index >= 15 is 0 Å². The lowest BCUT2D eigenvalue weighted by molar-refractivity contribution is 0.0391. The summed E-state index contributed by atoms with van der Waals surface area (Å²) in [6.45, 7) is 10.9. The molecule has 0 N–H and O–H groups in total. The summed E-state index contributed by atoms with van der Waals surface area (Å²) in [6.07, 6.45) is 0. The van der Waals surface area contributed by atoms with Crippen LogP contribution in [0.5, 0.6) is 0 Å². The molecule has 1 aromatic heterocycles. The number of nitrogens with zero attached hydrogens (tertiary/aromatic N) is 3. The third kappa shape index (κ3) is 4.66. The molecule has 152 valence electrons. The molecule has 0 saturated carbocycles. The van der Waals surface area contributed by atoms with Gasteiger partial charge in [0.1, 0.15) is 0 Å². The van der Waals surface area contributed by atoms with Crippen molar-refractivity contribution in [3.05, 3.63) is 58.7 Å². The Hall–Kier alpha value is -2.28. The maximum Gasteiger partial charge on any atom is 0.260 e. The van der Waals surface area contributed by atoms with Crippen LogP contribution >= 0.6 is 11.3 Å². The molecule has 1 saturated heterocycles. The van der Waals surface area contributed by atoms with Crippen LogP contribution in [0.3, 0.4) is 0 Å². The van der Waals surface area contributed by atoms with Gasteiger partial charge in [0.25, 0.3) is 5.91 Å². The monoisotopic (exact) mass is 409 g/mol. The third-order valence-electron chi connectivity index (χ3n) is 5.22. The standard InChI is InChI=1S/C23H27N3O2S/c1-16-4-5-20-21(15-16)29-23(24-20)26(7-6-25-8-10-28-11-9-25)22(27)19-13-17(2)12-18(3)14-19/h4-5,12-15H,6-11H2,1-3H3. The predicted octanol–water partition coefficient (Wildman–Crippen LogP) is 4.20. The number of aromatic nitrogens is 1. The van der Waals surface area contributed by atoms with Crippen LogP contribution in [0.2, 0.25) is 0 Å². The fourth-order valence-corrected chi connectivity index (χ4v) is 4.83. The number of rotatable bonds is 5. The Labute approximate surface area is 175 Å². The number of fused-ring (bicyclic) bond motifs is 1. The number of carbonyl (C=O) groups excluding carboxylic acids is 1. The summed E-state index contributed by atoms with van der Waals surface area (Å²) in [5, 5.41) is 0.767. The Morgan fingerprint density at radius 1 is 1.07 bits per heavy atom. The van der Waals surface area contributed by atoms with Gasteiger partial charge in [-0.05, 0) is 50.6 Å². The zero-order valence-corrected chi connectivity index (χ0v) is 18.1. The molecule has 1 aliphatic heterocycles. The average Bonchev–Trinajstić information content (AvgIpc) is 3.10. The number of thiazole rings is 1. The molecule has 0 radical (unpaired) electrons. The van der Waals surface area contributed by atoms with E-state index in [0.29, 0.717) is 6.54 Å². The highest BCUT2D eigenvalue weighted by molar-refractivity contribution is 7.22. The molecule has 5 nitrogen and oxygen atoms in total. The summed E-state index contributed by atoms with van der Waals surface area (Å²) in [4.78, 5) is 22.5. The first-order valence-corrected chi connectivity index (χ1v) is 10.9. The molecule has 29 heavy (non-hydrogen) atoms. The first-order valence-electron chi connectivity index (χ1n) is 10.1. The summed E-state index contributed by atoms with van der Waals surface area (Å²) in [6, 6.07) is 12.3. The minimum absolute atomic E-state index is 0.0147. The first kappa shape index (κ1) is 20.0. The third-order valence-corrected chi connectivity index (χ3v) is 6.26. The van der Waals surface area contributed by atoms with E-state index in [0.717, 1.165) is 64.9 Å².